The van der Waals surface area contributed by atoms with Crippen molar-refractivity contribution in [3.05, 3.63) is 63.0 Å². The number of halogens is 2. The number of amides is 1. The van der Waals surface area contributed by atoms with E-state index in [1.54, 1.807) is 17.8 Å². The molecule has 0 aromatic heterocycles. The highest BCUT2D eigenvalue weighted by Crippen LogP contribution is 2.37. The summed E-state index contributed by atoms with van der Waals surface area (Å²) < 4.78 is 0. The van der Waals surface area contributed by atoms with Crippen molar-refractivity contribution in [2.24, 2.45) is 0 Å². The van der Waals surface area contributed by atoms with Gasteiger partial charge in [-0.15, -0.1) is 11.8 Å². The zero-order valence-electron chi connectivity index (χ0n) is 13.1. The van der Waals surface area contributed by atoms with Gasteiger partial charge in [0.05, 0.1) is 10.0 Å². The van der Waals surface area contributed by atoms with Crippen LogP contribution in [0.1, 0.15) is 13.8 Å². The third kappa shape index (κ3) is 4.11. The Hall–Kier alpha value is -1.42. The van der Waals surface area contributed by atoms with E-state index in [1.807, 2.05) is 56.5 Å². The molecule has 0 spiro atoms. The van der Waals surface area contributed by atoms with E-state index < -0.39 is 0 Å². The van der Waals surface area contributed by atoms with Gasteiger partial charge >= 0.3 is 0 Å². The van der Waals surface area contributed by atoms with Gasteiger partial charge in [-0.2, -0.15) is 0 Å². The van der Waals surface area contributed by atoms with Crippen LogP contribution in [0.15, 0.2) is 52.9 Å². The molecule has 0 unspecified atom stereocenters. The van der Waals surface area contributed by atoms with Gasteiger partial charge in [-0.05, 0) is 37.1 Å². The fourth-order valence-corrected chi connectivity index (χ4v) is 2.87. The Bertz CT molecular complexity index is 771. The van der Waals surface area contributed by atoms with Crippen molar-refractivity contribution in [1.29, 1.82) is 0 Å². The number of hydrogen-bond acceptors (Lipinski definition) is 2. The smallest absolute Gasteiger partial charge is 0.252 e. The summed E-state index contributed by atoms with van der Waals surface area (Å²) in [6.45, 7) is 3.75. The average Bonchev–Trinajstić information content (AvgIpc) is 2.56. The summed E-state index contributed by atoms with van der Waals surface area (Å²) in [6.07, 6.45) is 1.95. The molecule has 0 radical (unpaired) electrons. The second kappa shape index (κ2) is 7.91. The van der Waals surface area contributed by atoms with Crippen LogP contribution in [0, 0.1) is 0 Å². The molecule has 0 atom stereocenters. The highest BCUT2D eigenvalue weighted by molar-refractivity contribution is 8.02. The Morgan fingerprint density at radius 2 is 1.65 bits per heavy atom. The van der Waals surface area contributed by atoms with E-state index in [9.17, 15) is 4.79 Å². The van der Waals surface area contributed by atoms with Crippen LogP contribution in [0.4, 0.5) is 5.69 Å². The fourth-order valence-electron chi connectivity index (χ4n) is 2.07. The van der Waals surface area contributed by atoms with Crippen molar-refractivity contribution in [3.8, 4) is 11.1 Å². The van der Waals surface area contributed by atoms with Crippen LogP contribution in [0.5, 0.6) is 0 Å². The predicted molar refractivity (Wildman–Crippen MR) is 102 cm³/mol. The standard InChI is InChI=1S/C18H17Cl2NOS/c1-11(12(2)23-3)18(22)21-16-10-5-4-7-13(16)14-8-6-9-15(19)17(14)20/h4-10H,1-3H3,(H,21,22)/b12-11+. The Kier molecular flexibility index (Phi) is 6.17. The van der Waals surface area contributed by atoms with Crippen molar-refractivity contribution >= 4 is 46.6 Å². The monoisotopic (exact) mass is 365 g/mol. The molecular formula is C18H17Cl2NOS. The fraction of sp³-hybridized carbons (Fsp3) is 0.167. The number of thioether (sulfide) groups is 1. The van der Waals surface area contributed by atoms with Crippen LogP contribution in [0.3, 0.4) is 0 Å². The Labute approximate surface area is 150 Å². The van der Waals surface area contributed by atoms with Gasteiger partial charge in [-0.25, -0.2) is 0 Å². The molecule has 0 aliphatic rings. The Morgan fingerprint density at radius 3 is 2.35 bits per heavy atom. The first-order valence-corrected chi connectivity index (χ1v) is 9.00. The number of allylic oxidation sites excluding steroid dienone is 1. The molecule has 2 aromatic carbocycles. The van der Waals surface area contributed by atoms with Crippen molar-refractivity contribution in [3.63, 3.8) is 0 Å². The van der Waals surface area contributed by atoms with Gasteiger partial charge in [0.25, 0.3) is 5.91 Å². The number of anilines is 1. The molecule has 120 valence electrons. The van der Waals surface area contributed by atoms with Gasteiger partial charge in [0.2, 0.25) is 0 Å². The maximum absolute atomic E-state index is 12.4. The van der Waals surface area contributed by atoms with Crippen LogP contribution < -0.4 is 5.32 Å². The van der Waals surface area contributed by atoms with Crippen LogP contribution in [0.2, 0.25) is 10.0 Å². The van der Waals surface area contributed by atoms with Gasteiger partial charge in [0, 0.05) is 22.4 Å². The summed E-state index contributed by atoms with van der Waals surface area (Å²) in [4.78, 5) is 13.4. The van der Waals surface area contributed by atoms with E-state index in [2.05, 4.69) is 5.32 Å². The molecule has 5 heteroatoms. The van der Waals surface area contributed by atoms with Crippen molar-refractivity contribution < 1.29 is 4.79 Å². The number of para-hydroxylation sites is 1. The second-order valence-electron chi connectivity index (χ2n) is 4.99. The van der Waals surface area contributed by atoms with Gasteiger partial charge in [-0.1, -0.05) is 53.5 Å². The quantitative estimate of drug-likeness (QED) is 0.648. The average molecular weight is 366 g/mol. The molecular weight excluding hydrogens is 349 g/mol. The first-order chi connectivity index (χ1) is 11.0. The molecule has 1 amide bonds. The van der Waals surface area contributed by atoms with E-state index in [1.165, 1.54) is 0 Å². The predicted octanol–water partition coefficient (Wildman–Crippen LogP) is 6.26. The van der Waals surface area contributed by atoms with E-state index >= 15 is 0 Å². The maximum atomic E-state index is 12.4. The maximum Gasteiger partial charge on any atom is 0.252 e. The molecule has 2 aromatic rings. The van der Waals surface area contributed by atoms with E-state index in [4.69, 9.17) is 23.2 Å². The summed E-state index contributed by atoms with van der Waals surface area (Å²) in [5.41, 5.74) is 3.03. The first-order valence-electron chi connectivity index (χ1n) is 7.02. The molecule has 0 saturated heterocycles. The molecule has 0 fully saturated rings. The summed E-state index contributed by atoms with van der Waals surface area (Å²) in [5, 5.41) is 3.92. The largest absolute Gasteiger partial charge is 0.322 e. The lowest BCUT2D eigenvalue weighted by atomic mass is 10.0. The van der Waals surface area contributed by atoms with Crippen LogP contribution in [0.25, 0.3) is 11.1 Å². The van der Waals surface area contributed by atoms with Crippen molar-refractivity contribution in [2.75, 3.05) is 11.6 Å². The molecule has 1 N–H and O–H groups in total. The van der Waals surface area contributed by atoms with Crippen LogP contribution in [-0.2, 0) is 4.79 Å². The lowest BCUT2D eigenvalue weighted by Crippen LogP contribution is -2.14. The zero-order valence-corrected chi connectivity index (χ0v) is 15.4. The minimum atomic E-state index is -0.123. The molecule has 0 heterocycles. The van der Waals surface area contributed by atoms with E-state index in [0.717, 1.165) is 16.0 Å². The normalized spacial score (nSPS) is 11.9. The number of carbonyl (C=O) groups excluding carboxylic acids is 1. The molecule has 2 nitrogen and oxygen atoms in total. The van der Waals surface area contributed by atoms with Gasteiger partial charge < -0.3 is 5.32 Å². The lowest BCUT2D eigenvalue weighted by Gasteiger charge is -2.14. The molecule has 23 heavy (non-hydrogen) atoms. The molecule has 0 bridgehead atoms. The minimum Gasteiger partial charge on any atom is -0.322 e. The number of nitrogens with one attached hydrogen (secondary N) is 1. The Balaban J connectivity index is 2.43. The number of benzene rings is 2. The SMILES string of the molecule is CS/C(C)=C(\C)C(=O)Nc1ccccc1-c1cccc(Cl)c1Cl. The first kappa shape index (κ1) is 17.9. The molecule has 0 aliphatic heterocycles. The summed E-state index contributed by atoms with van der Waals surface area (Å²) in [7, 11) is 0. The van der Waals surface area contributed by atoms with Gasteiger partial charge in [-0.3, -0.25) is 4.79 Å². The third-order valence-corrected chi connectivity index (χ3v) is 5.33. The van der Waals surface area contributed by atoms with Gasteiger partial charge in [0.1, 0.15) is 0 Å². The van der Waals surface area contributed by atoms with Crippen LogP contribution >= 0.6 is 35.0 Å². The van der Waals surface area contributed by atoms with Crippen molar-refractivity contribution in [2.45, 2.75) is 13.8 Å². The molecule has 0 aliphatic carbocycles. The van der Waals surface area contributed by atoms with E-state index in [-0.39, 0.29) is 5.91 Å². The Morgan fingerprint density at radius 1 is 1.00 bits per heavy atom. The summed E-state index contributed by atoms with van der Waals surface area (Å²) in [6, 6.07) is 13.0. The number of carbonyl (C=O) groups is 1. The van der Waals surface area contributed by atoms with Crippen molar-refractivity contribution in [1.82, 2.24) is 0 Å². The zero-order chi connectivity index (χ0) is 17.0. The highest BCUT2D eigenvalue weighted by atomic mass is 35.5. The van der Waals surface area contributed by atoms with Crippen LogP contribution in [-0.4, -0.2) is 12.2 Å². The minimum absolute atomic E-state index is 0.123. The third-order valence-electron chi connectivity index (χ3n) is 3.59. The summed E-state index contributed by atoms with van der Waals surface area (Å²) in [5.74, 6) is -0.123. The molecule has 0 saturated carbocycles. The highest BCUT2D eigenvalue weighted by Gasteiger charge is 2.14. The number of hydrogen-bond donors (Lipinski definition) is 1. The van der Waals surface area contributed by atoms with E-state index in [0.29, 0.717) is 21.3 Å². The summed E-state index contributed by atoms with van der Waals surface area (Å²) >= 11 is 14.0. The molecule has 2 rings (SSSR count). The topological polar surface area (TPSA) is 29.1 Å². The second-order valence-corrected chi connectivity index (χ2v) is 6.79. The number of rotatable bonds is 4. The van der Waals surface area contributed by atoms with Gasteiger partial charge in [0.15, 0.2) is 0 Å². The lowest BCUT2D eigenvalue weighted by molar-refractivity contribution is -0.112.